The molecule has 0 bridgehead atoms. The molecule has 1 rings (SSSR count). The van der Waals surface area contributed by atoms with Crippen LogP contribution in [0.3, 0.4) is 0 Å². The first-order valence-electron chi connectivity index (χ1n) is 7.12. The highest BCUT2D eigenvalue weighted by Gasteiger charge is 2.32. The van der Waals surface area contributed by atoms with Gasteiger partial charge in [-0.2, -0.15) is 0 Å². The molecule has 1 aliphatic heterocycles. The molecule has 1 heterocycles. The summed E-state index contributed by atoms with van der Waals surface area (Å²) in [5.41, 5.74) is -0.457. The van der Waals surface area contributed by atoms with Gasteiger partial charge in [0, 0.05) is 31.0 Å². The van der Waals surface area contributed by atoms with E-state index in [1.54, 1.807) is 4.90 Å². The van der Waals surface area contributed by atoms with Gasteiger partial charge in [-0.3, -0.25) is 0 Å². The summed E-state index contributed by atoms with van der Waals surface area (Å²) in [5.74, 6) is 0.341. The van der Waals surface area contributed by atoms with Gasteiger partial charge in [-0.25, -0.2) is 4.79 Å². The maximum atomic E-state index is 11.9. The second kappa shape index (κ2) is 6.54. The molecule has 1 fully saturated rings. The monoisotopic (exact) mass is 304 g/mol. The minimum atomic E-state index is -1.06. The number of nitrogens with zero attached hydrogens (tertiary/aromatic N) is 1. The third kappa shape index (κ3) is 5.89. The summed E-state index contributed by atoms with van der Waals surface area (Å²) < 4.78 is 20.1. The van der Waals surface area contributed by atoms with Crippen LogP contribution < -0.4 is 4.72 Å². The van der Waals surface area contributed by atoms with Crippen molar-refractivity contribution in [2.24, 2.45) is 5.92 Å². The third-order valence-electron chi connectivity index (χ3n) is 3.00. The molecule has 0 aliphatic carbocycles. The average molecular weight is 304 g/mol. The van der Waals surface area contributed by atoms with Gasteiger partial charge in [0.1, 0.15) is 10.3 Å². The quantitative estimate of drug-likeness (QED) is 0.813. The van der Waals surface area contributed by atoms with Gasteiger partial charge in [0.25, 0.3) is 0 Å². The van der Waals surface area contributed by atoms with Crippen molar-refractivity contribution >= 4 is 17.5 Å². The van der Waals surface area contributed by atoms with Crippen molar-refractivity contribution in [3.8, 4) is 0 Å². The second-order valence-corrected chi connectivity index (χ2v) is 9.36. The zero-order valence-electron chi connectivity index (χ0n) is 13.5. The van der Waals surface area contributed by atoms with Crippen molar-refractivity contribution in [1.29, 1.82) is 0 Å². The Morgan fingerprint density at radius 1 is 1.35 bits per heavy atom. The van der Waals surface area contributed by atoms with Crippen LogP contribution in [-0.2, 0) is 16.1 Å². The first-order chi connectivity index (χ1) is 8.99. The first kappa shape index (κ1) is 17.6. The number of carbonyl (C=O) groups is 1. The van der Waals surface area contributed by atoms with E-state index in [1.165, 1.54) is 0 Å². The lowest BCUT2D eigenvalue weighted by atomic mass is 10.1. The topological polar surface area (TPSA) is 64.6 Å². The fraction of sp³-hybridized carbons (Fsp3) is 0.929. The van der Waals surface area contributed by atoms with Gasteiger partial charge in [-0.1, -0.05) is 0 Å². The summed E-state index contributed by atoms with van der Waals surface area (Å²) in [4.78, 5) is 13.7. The van der Waals surface area contributed by atoms with Crippen LogP contribution in [0.5, 0.6) is 0 Å². The van der Waals surface area contributed by atoms with E-state index < -0.39 is 17.0 Å². The Morgan fingerprint density at radius 2 is 1.95 bits per heavy atom. The van der Waals surface area contributed by atoms with Gasteiger partial charge in [-0.05, 0) is 53.9 Å². The van der Waals surface area contributed by atoms with Gasteiger partial charge < -0.3 is 14.2 Å². The molecule has 0 aromatic rings. The standard InChI is InChI=1S/C14H28N2O3S/c1-13(2,3)19-12(17)16-8-7-11(10-16)9-15-20(18)14(4,5)6/h11,15H,7-10H2,1-6H3. The van der Waals surface area contributed by atoms with Gasteiger partial charge in [0.2, 0.25) is 0 Å². The molecule has 0 saturated carbocycles. The number of ether oxygens (including phenoxy) is 1. The Morgan fingerprint density at radius 3 is 2.45 bits per heavy atom. The third-order valence-corrected chi connectivity index (χ3v) is 4.54. The maximum Gasteiger partial charge on any atom is 0.410 e. The first-order valence-corrected chi connectivity index (χ1v) is 8.27. The predicted octanol–water partition coefficient (Wildman–Crippen LogP) is 2.30. The van der Waals surface area contributed by atoms with E-state index in [9.17, 15) is 9.35 Å². The molecule has 0 spiro atoms. The second-order valence-electron chi connectivity index (χ2n) is 7.31. The summed E-state index contributed by atoms with van der Waals surface area (Å²) >= 11 is -1.06. The molecule has 1 saturated heterocycles. The lowest BCUT2D eigenvalue weighted by molar-refractivity contribution is 0.0288. The number of rotatable bonds is 3. The summed E-state index contributed by atoms with van der Waals surface area (Å²) in [6.45, 7) is 13.5. The maximum absolute atomic E-state index is 11.9. The van der Waals surface area contributed by atoms with Crippen molar-refractivity contribution in [2.45, 2.75) is 58.3 Å². The number of likely N-dealkylation sites (tertiary alicyclic amines) is 1. The number of amides is 1. The van der Waals surface area contributed by atoms with Gasteiger partial charge >= 0.3 is 6.09 Å². The van der Waals surface area contributed by atoms with E-state index in [4.69, 9.17) is 4.74 Å². The Balaban J connectivity index is 2.35. The van der Waals surface area contributed by atoms with Crippen LogP contribution >= 0.6 is 0 Å². The minimum Gasteiger partial charge on any atom is -0.598 e. The Kier molecular flexibility index (Phi) is 5.75. The van der Waals surface area contributed by atoms with E-state index in [0.717, 1.165) is 6.42 Å². The SMILES string of the molecule is CC(C)(C)OC(=O)N1CCC(CN[S+]([O-])C(C)(C)C)C1. The zero-order valence-corrected chi connectivity index (χ0v) is 14.3. The molecule has 6 heteroatoms. The predicted molar refractivity (Wildman–Crippen MR) is 81.8 cm³/mol. The number of hydrogen-bond acceptors (Lipinski definition) is 4. The largest absolute Gasteiger partial charge is 0.598 e. The molecule has 2 unspecified atom stereocenters. The molecule has 0 aromatic carbocycles. The fourth-order valence-corrected chi connectivity index (χ4v) is 2.72. The molecular formula is C14H28N2O3S. The normalized spacial score (nSPS) is 21.9. The Bertz CT molecular complexity index is 336. The number of nitrogens with one attached hydrogen (secondary N) is 1. The molecular weight excluding hydrogens is 276 g/mol. The van der Waals surface area contributed by atoms with Crippen molar-refractivity contribution in [3.63, 3.8) is 0 Å². The van der Waals surface area contributed by atoms with Gasteiger partial charge in [-0.15, -0.1) is 4.72 Å². The van der Waals surface area contributed by atoms with Crippen molar-refractivity contribution < 1.29 is 14.1 Å². The molecule has 1 N–H and O–H groups in total. The van der Waals surface area contributed by atoms with E-state index >= 15 is 0 Å². The summed E-state index contributed by atoms with van der Waals surface area (Å²) in [7, 11) is 0. The van der Waals surface area contributed by atoms with Crippen LogP contribution in [0.1, 0.15) is 48.0 Å². The Labute approximate surface area is 125 Å². The van der Waals surface area contributed by atoms with Crippen LogP contribution in [-0.4, -0.2) is 45.5 Å². The molecule has 0 radical (unpaired) electrons. The molecule has 118 valence electrons. The zero-order chi connectivity index (χ0) is 15.6. The summed E-state index contributed by atoms with van der Waals surface area (Å²) in [6.07, 6.45) is 0.671. The van der Waals surface area contributed by atoms with E-state index in [2.05, 4.69) is 4.72 Å². The fourth-order valence-electron chi connectivity index (χ4n) is 1.90. The lowest BCUT2D eigenvalue weighted by Gasteiger charge is -2.25. The Hall–Kier alpha value is -0.460. The van der Waals surface area contributed by atoms with Crippen LogP contribution in [0.4, 0.5) is 4.79 Å². The molecule has 5 nitrogen and oxygen atoms in total. The van der Waals surface area contributed by atoms with Crippen LogP contribution in [0, 0.1) is 5.92 Å². The molecule has 2 atom stereocenters. The molecule has 1 aliphatic rings. The van der Waals surface area contributed by atoms with Crippen molar-refractivity contribution in [2.75, 3.05) is 19.6 Å². The van der Waals surface area contributed by atoms with Crippen LogP contribution in [0.25, 0.3) is 0 Å². The van der Waals surface area contributed by atoms with E-state index in [-0.39, 0.29) is 10.8 Å². The minimum absolute atomic E-state index is 0.253. The lowest BCUT2D eigenvalue weighted by Crippen LogP contribution is -2.42. The van der Waals surface area contributed by atoms with E-state index in [1.807, 2.05) is 41.5 Å². The van der Waals surface area contributed by atoms with Crippen LogP contribution in [0.15, 0.2) is 0 Å². The van der Waals surface area contributed by atoms with Crippen molar-refractivity contribution in [1.82, 2.24) is 9.62 Å². The van der Waals surface area contributed by atoms with Crippen LogP contribution in [0.2, 0.25) is 0 Å². The smallest absolute Gasteiger partial charge is 0.410 e. The molecule has 20 heavy (non-hydrogen) atoms. The number of carbonyl (C=O) groups excluding carboxylic acids is 1. The number of hydrogen-bond donors (Lipinski definition) is 1. The van der Waals surface area contributed by atoms with E-state index in [0.29, 0.717) is 25.6 Å². The highest BCUT2D eigenvalue weighted by atomic mass is 32.2. The highest BCUT2D eigenvalue weighted by molar-refractivity contribution is 7.90. The van der Waals surface area contributed by atoms with Gasteiger partial charge in [0.05, 0.1) is 0 Å². The summed E-state index contributed by atoms with van der Waals surface area (Å²) in [5, 5.41) is 0. The average Bonchev–Trinajstić information content (AvgIpc) is 2.70. The van der Waals surface area contributed by atoms with Gasteiger partial charge in [0.15, 0.2) is 0 Å². The highest BCUT2D eigenvalue weighted by Crippen LogP contribution is 2.20. The molecule has 1 amide bonds. The summed E-state index contributed by atoms with van der Waals surface area (Å²) in [6, 6.07) is 0. The van der Waals surface area contributed by atoms with Crippen molar-refractivity contribution in [3.05, 3.63) is 0 Å². The molecule has 0 aromatic heterocycles.